The number of hydrogen-bond donors (Lipinski definition) is 2. The summed E-state index contributed by atoms with van der Waals surface area (Å²) in [7, 11) is 3.11. The van der Waals surface area contributed by atoms with Gasteiger partial charge in [0, 0.05) is 17.2 Å². The van der Waals surface area contributed by atoms with Crippen molar-refractivity contribution in [3.05, 3.63) is 17.7 Å². The van der Waals surface area contributed by atoms with Gasteiger partial charge >= 0.3 is 0 Å². The molecule has 1 fully saturated rings. The summed E-state index contributed by atoms with van der Waals surface area (Å²) in [6.45, 7) is 0. The van der Waals surface area contributed by atoms with Crippen molar-refractivity contribution in [1.82, 2.24) is 0 Å². The summed E-state index contributed by atoms with van der Waals surface area (Å²) in [5.41, 5.74) is 6.53. The van der Waals surface area contributed by atoms with E-state index < -0.39 is 5.54 Å². The standard InChI is InChI=1S/C12H17NO3/c1-15-10-6-8(12(13)4-3-5-12)9(14)7-11(10)16-2/h6-7,14H,3-5,13H2,1-2H3. The summed E-state index contributed by atoms with van der Waals surface area (Å²) in [5, 5.41) is 9.93. The molecular weight excluding hydrogens is 206 g/mol. The van der Waals surface area contributed by atoms with Crippen molar-refractivity contribution in [3.63, 3.8) is 0 Å². The first-order chi connectivity index (χ1) is 7.60. The number of ether oxygens (including phenoxy) is 2. The normalized spacial score (nSPS) is 17.7. The van der Waals surface area contributed by atoms with E-state index in [9.17, 15) is 5.11 Å². The molecular formula is C12H17NO3. The third kappa shape index (κ3) is 1.59. The van der Waals surface area contributed by atoms with Gasteiger partial charge in [0.05, 0.1) is 14.2 Å². The molecule has 1 aromatic carbocycles. The van der Waals surface area contributed by atoms with Crippen LogP contribution in [0.2, 0.25) is 0 Å². The zero-order chi connectivity index (χ0) is 11.8. The van der Waals surface area contributed by atoms with Crippen LogP contribution >= 0.6 is 0 Å². The van der Waals surface area contributed by atoms with E-state index >= 15 is 0 Å². The van der Waals surface area contributed by atoms with Crippen molar-refractivity contribution in [3.8, 4) is 17.2 Å². The molecule has 88 valence electrons. The van der Waals surface area contributed by atoms with Gasteiger partial charge in [0.25, 0.3) is 0 Å². The van der Waals surface area contributed by atoms with E-state index in [1.54, 1.807) is 26.4 Å². The molecule has 1 aliphatic rings. The molecule has 16 heavy (non-hydrogen) atoms. The Hall–Kier alpha value is -1.42. The molecule has 0 unspecified atom stereocenters. The zero-order valence-corrected chi connectivity index (χ0v) is 9.62. The van der Waals surface area contributed by atoms with Gasteiger partial charge in [-0.2, -0.15) is 0 Å². The number of rotatable bonds is 3. The number of methoxy groups -OCH3 is 2. The maximum Gasteiger partial charge on any atom is 0.164 e. The fraction of sp³-hybridized carbons (Fsp3) is 0.500. The second-order valence-corrected chi connectivity index (χ2v) is 4.23. The molecule has 0 saturated heterocycles. The van der Waals surface area contributed by atoms with Crippen molar-refractivity contribution in [2.75, 3.05) is 14.2 Å². The Morgan fingerprint density at radius 1 is 1.19 bits per heavy atom. The lowest BCUT2D eigenvalue weighted by atomic mass is 9.72. The van der Waals surface area contributed by atoms with E-state index in [-0.39, 0.29) is 5.75 Å². The fourth-order valence-electron chi connectivity index (χ4n) is 2.09. The minimum Gasteiger partial charge on any atom is -0.507 e. The maximum atomic E-state index is 9.93. The van der Waals surface area contributed by atoms with E-state index in [1.165, 1.54) is 0 Å². The second-order valence-electron chi connectivity index (χ2n) is 4.23. The minimum atomic E-state index is -0.399. The predicted molar refractivity (Wildman–Crippen MR) is 60.9 cm³/mol. The summed E-state index contributed by atoms with van der Waals surface area (Å²) >= 11 is 0. The third-order valence-corrected chi connectivity index (χ3v) is 3.28. The molecule has 0 aliphatic heterocycles. The van der Waals surface area contributed by atoms with Crippen LogP contribution < -0.4 is 15.2 Å². The van der Waals surface area contributed by atoms with Gasteiger partial charge in [-0.3, -0.25) is 0 Å². The third-order valence-electron chi connectivity index (χ3n) is 3.28. The molecule has 0 aromatic heterocycles. The van der Waals surface area contributed by atoms with Crippen LogP contribution in [0.1, 0.15) is 24.8 Å². The lowest BCUT2D eigenvalue weighted by Gasteiger charge is -2.39. The van der Waals surface area contributed by atoms with Crippen molar-refractivity contribution in [2.45, 2.75) is 24.8 Å². The van der Waals surface area contributed by atoms with Crippen LogP contribution in [0.15, 0.2) is 12.1 Å². The summed E-state index contributed by atoms with van der Waals surface area (Å²) in [4.78, 5) is 0. The van der Waals surface area contributed by atoms with Gasteiger partial charge in [0.15, 0.2) is 11.5 Å². The van der Waals surface area contributed by atoms with Gasteiger partial charge in [0.2, 0.25) is 0 Å². The SMILES string of the molecule is COc1cc(O)c(C2(N)CCC2)cc1OC. The first kappa shape index (κ1) is 11.1. The molecule has 4 heteroatoms. The minimum absolute atomic E-state index is 0.180. The van der Waals surface area contributed by atoms with E-state index in [0.29, 0.717) is 11.5 Å². The number of hydrogen-bond acceptors (Lipinski definition) is 4. The van der Waals surface area contributed by atoms with Crippen LogP contribution in [0.25, 0.3) is 0 Å². The van der Waals surface area contributed by atoms with Crippen LogP contribution in [0.4, 0.5) is 0 Å². The van der Waals surface area contributed by atoms with Crippen LogP contribution in [-0.4, -0.2) is 19.3 Å². The Morgan fingerprint density at radius 2 is 1.75 bits per heavy atom. The highest BCUT2D eigenvalue weighted by Gasteiger charge is 2.37. The average Bonchev–Trinajstić information content (AvgIpc) is 2.25. The van der Waals surface area contributed by atoms with Gasteiger partial charge in [-0.25, -0.2) is 0 Å². The Kier molecular flexibility index (Phi) is 2.68. The van der Waals surface area contributed by atoms with E-state index in [2.05, 4.69) is 0 Å². The zero-order valence-electron chi connectivity index (χ0n) is 9.62. The quantitative estimate of drug-likeness (QED) is 0.819. The van der Waals surface area contributed by atoms with Gasteiger partial charge < -0.3 is 20.3 Å². The molecule has 0 radical (unpaired) electrons. The topological polar surface area (TPSA) is 64.7 Å². The van der Waals surface area contributed by atoms with Gasteiger partial charge in [-0.1, -0.05) is 0 Å². The van der Waals surface area contributed by atoms with Gasteiger partial charge in [0.1, 0.15) is 5.75 Å². The largest absolute Gasteiger partial charge is 0.507 e. The Morgan fingerprint density at radius 3 is 2.19 bits per heavy atom. The number of nitrogens with two attached hydrogens (primary N) is 1. The van der Waals surface area contributed by atoms with Crippen molar-refractivity contribution < 1.29 is 14.6 Å². The molecule has 0 amide bonds. The summed E-state index contributed by atoms with van der Waals surface area (Å²) in [6.07, 6.45) is 2.90. The lowest BCUT2D eigenvalue weighted by Crippen LogP contribution is -2.43. The molecule has 0 bridgehead atoms. The molecule has 2 rings (SSSR count). The summed E-state index contributed by atoms with van der Waals surface area (Å²) in [5.74, 6) is 1.30. The molecule has 1 saturated carbocycles. The monoisotopic (exact) mass is 223 g/mol. The maximum absolute atomic E-state index is 9.93. The fourth-order valence-corrected chi connectivity index (χ4v) is 2.09. The first-order valence-electron chi connectivity index (χ1n) is 5.35. The number of aromatic hydroxyl groups is 1. The van der Waals surface area contributed by atoms with Crippen molar-refractivity contribution >= 4 is 0 Å². The second kappa shape index (κ2) is 3.87. The lowest BCUT2D eigenvalue weighted by molar-refractivity contribution is 0.243. The molecule has 0 atom stereocenters. The highest BCUT2D eigenvalue weighted by atomic mass is 16.5. The molecule has 0 spiro atoms. The number of benzene rings is 1. The van der Waals surface area contributed by atoms with E-state index in [4.69, 9.17) is 15.2 Å². The van der Waals surface area contributed by atoms with Crippen molar-refractivity contribution in [2.24, 2.45) is 5.73 Å². The van der Waals surface area contributed by atoms with Crippen LogP contribution in [0.3, 0.4) is 0 Å². The predicted octanol–water partition coefficient (Wildman–Crippen LogP) is 1.75. The summed E-state index contributed by atoms with van der Waals surface area (Å²) in [6, 6.07) is 3.33. The van der Waals surface area contributed by atoms with E-state index in [0.717, 1.165) is 24.8 Å². The Labute approximate surface area is 95.0 Å². The first-order valence-corrected chi connectivity index (χ1v) is 5.35. The van der Waals surface area contributed by atoms with Crippen molar-refractivity contribution in [1.29, 1.82) is 0 Å². The van der Waals surface area contributed by atoms with Crippen LogP contribution in [0, 0.1) is 0 Å². The molecule has 3 N–H and O–H groups in total. The highest BCUT2D eigenvalue weighted by Crippen LogP contribution is 2.46. The van der Waals surface area contributed by atoms with Gasteiger partial charge in [-0.05, 0) is 25.3 Å². The highest BCUT2D eigenvalue weighted by molar-refractivity contribution is 5.53. The molecule has 4 nitrogen and oxygen atoms in total. The Bertz CT molecular complexity index is 399. The smallest absolute Gasteiger partial charge is 0.164 e. The molecule has 1 aromatic rings. The average molecular weight is 223 g/mol. The number of phenols is 1. The molecule has 0 heterocycles. The van der Waals surface area contributed by atoms with Gasteiger partial charge in [-0.15, -0.1) is 0 Å². The van der Waals surface area contributed by atoms with E-state index in [1.807, 2.05) is 0 Å². The van der Waals surface area contributed by atoms with Crippen LogP contribution in [0.5, 0.6) is 17.2 Å². The molecule has 1 aliphatic carbocycles. The Balaban J connectivity index is 2.46. The van der Waals surface area contributed by atoms with Crippen LogP contribution in [-0.2, 0) is 5.54 Å². The summed E-state index contributed by atoms with van der Waals surface area (Å²) < 4.78 is 10.3. The number of phenolic OH excluding ortho intramolecular Hbond substituents is 1.